The predicted molar refractivity (Wildman–Crippen MR) is 93.7 cm³/mol. The number of rotatable bonds is 8. The molecule has 0 heterocycles. The van der Waals surface area contributed by atoms with Gasteiger partial charge in [0.05, 0.1) is 0 Å². The van der Waals surface area contributed by atoms with Crippen molar-refractivity contribution in [3.8, 4) is 0 Å². The van der Waals surface area contributed by atoms with Gasteiger partial charge < -0.3 is 10.2 Å². The number of hydrogen-bond donors (Lipinski definition) is 1. The van der Waals surface area contributed by atoms with Gasteiger partial charge >= 0.3 is 0 Å². The average Bonchev–Trinajstić information content (AvgIpc) is 2.37. The van der Waals surface area contributed by atoms with Crippen LogP contribution in [0.25, 0.3) is 0 Å². The highest BCUT2D eigenvalue weighted by Gasteiger charge is 2.23. The van der Waals surface area contributed by atoms with Crippen LogP contribution in [0.5, 0.6) is 0 Å². The zero-order chi connectivity index (χ0) is 15.9. The summed E-state index contributed by atoms with van der Waals surface area (Å²) >= 11 is 0. The number of benzene rings is 1. The summed E-state index contributed by atoms with van der Waals surface area (Å²) in [4.78, 5) is 2.43. The molecule has 21 heavy (non-hydrogen) atoms. The van der Waals surface area contributed by atoms with E-state index < -0.39 is 0 Å². The summed E-state index contributed by atoms with van der Waals surface area (Å²) in [7, 11) is 2.22. The van der Waals surface area contributed by atoms with Crippen LogP contribution in [0.3, 0.4) is 0 Å². The smallest absolute Gasteiger partial charge is 0.0230 e. The van der Waals surface area contributed by atoms with E-state index in [0.717, 1.165) is 19.6 Å². The molecule has 1 rings (SSSR count). The molecule has 0 amide bonds. The molecule has 120 valence electrons. The lowest BCUT2D eigenvalue weighted by Gasteiger charge is -2.33. The summed E-state index contributed by atoms with van der Waals surface area (Å²) in [6.07, 6.45) is 2.40. The van der Waals surface area contributed by atoms with E-state index in [2.05, 4.69) is 76.1 Å². The number of nitrogens with zero attached hydrogens (tertiary/aromatic N) is 1. The van der Waals surface area contributed by atoms with E-state index >= 15 is 0 Å². The van der Waals surface area contributed by atoms with Gasteiger partial charge in [0.1, 0.15) is 0 Å². The summed E-state index contributed by atoms with van der Waals surface area (Å²) < 4.78 is 0. The Morgan fingerprint density at radius 3 is 2.52 bits per heavy atom. The Balaban J connectivity index is 2.47. The Hall–Kier alpha value is -0.860. The normalized spacial score (nSPS) is 13.7. The Morgan fingerprint density at radius 2 is 1.95 bits per heavy atom. The van der Waals surface area contributed by atoms with Gasteiger partial charge in [-0.2, -0.15) is 0 Å². The van der Waals surface area contributed by atoms with Crippen LogP contribution in [0.1, 0.15) is 51.7 Å². The largest absolute Gasteiger partial charge is 0.313 e. The van der Waals surface area contributed by atoms with E-state index in [9.17, 15) is 0 Å². The van der Waals surface area contributed by atoms with E-state index in [1.165, 1.54) is 24.0 Å². The Bertz CT molecular complexity index is 406. The van der Waals surface area contributed by atoms with Crippen LogP contribution in [-0.4, -0.2) is 31.1 Å². The Morgan fingerprint density at radius 1 is 1.24 bits per heavy atom. The molecule has 0 radical (unpaired) electrons. The second-order valence-corrected chi connectivity index (χ2v) is 7.39. The van der Waals surface area contributed by atoms with E-state index in [-0.39, 0.29) is 0 Å². The molecule has 1 N–H and O–H groups in total. The maximum Gasteiger partial charge on any atom is 0.0230 e. The minimum atomic E-state index is 0.319. The van der Waals surface area contributed by atoms with Gasteiger partial charge in [0.25, 0.3) is 0 Å². The maximum atomic E-state index is 3.71. The van der Waals surface area contributed by atoms with Crippen LogP contribution in [0.2, 0.25) is 0 Å². The molecule has 1 aromatic carbocycles. The van der Waals surface area contributed by atoms with Gasteiger partial charge in [-0.1, -0.05) is 57.5 Å². The van der Waals surface area contributed by atoms with E-state index in [0.29, 0.717) is 11.5 Å². The molecule has 0 aliphatic heterocycles. The molecule has 0 saturated carbocycles. The molecule has 0 aromatic heterocycles. The second kappa shape index (κ2) is 8.55. The van der Waals surface area contributed by atoms with Crippen molar-refractivity contribution in [2.75, 3.05) is 20.1 Å². The first kappa shape index (κ1) is 18.2. The summed E-state index contributed by atoms with van der Waals surface area (Å²) in [5.74, 6) is 0. The summed E-state index contributed by atoms with van der Waals surface area (Å²) in [6, 6.07) is 9.40. The molecule has 0 fully saturated rings. The van der Waals surface area contributed by atoms with Crippen molar-refractivity contribution >= 4 is 0 Å². The molecule has 2 heteroatoms. The van der Waals surface area contributed by atoms with Crippen molar-refractivity contribution in [2.45, 2.75) is 60.0 Å². The Kier molecular flexibility index (Phi) is 7.41. The van der Waals surface area contributed by atoms with Gasteiger partial charge in [0.2, 0.25) is 0 Å². The number of aryl methyl sites for hydroxylation is 1. The van der Waals surface area contributed by atoms with Gasteiger partial charge in [-0.15, -0.1) is 0 Å². The minimum absolute atomic E-state index is 0.319. The zero-order valence-corrected chi connectivity index (χ0v) is 14.9. The van der Waals surface area contributed by atoms with Crippen LogP contribution in [-0.2, 0) is 6.54 Å². The first-order chi connectivity index (χ1) is 9.82. The second-order valence-electron chi connectivity index (χ2n) is 7.39. The molecular weight excluding hydrogens is 256 g/mol. The molecule has 0 aliphatic carbocycles. The van der Waals surface area contributed by atoms with E-state index in [1.807, 2.05) is 0 Å². The molecule has 1 aromatic rings. The van der Waals surface area contributed by atoms with Crippen LogP contribution in [0, 0.1) is 12.3 Å². The average molecular weight is 290 g/mol. The molecular formula is C19H34N2. The van der Waals surface area contributed by atoms with Crippen LogP contribution in [0.4, 0.5) is 0 Å². The highest BCUT2D eigenvalue weighted by molar-refractivity contribution is 5.21. The highest BCUT2D eigenvalue weighted by Crippen LogP contribution is 2.22. The van der Waals surface area contributed by atoms with Crippen LogP contribution >= 0.6 is 0 Å². The summed E-state index contributed by atoms with van der Waals surface area (Å²) in [5.41, 5.74) is 3.07. The standard InChI is InChI=1S/C19H34N2/c1-7-12-20-18(19(3,4)5)11-13-21(6)15-17-10-8-9-16(2)14-17/h8-10,14,18,20H,7,11-13,15H2,1-6H3. The van der Waals surface area contributed by atoms with Gasteiger partial charge in [0.15, 0.2) is 0 Å². The van der Waals surface area contributed by atoms with Crippen molar-refractivity contribution in [3.63, 3.8) is 0 Å². The van der Waals surface area contributed by atoms with Crippen molar-refractivity contribution in [2.24, 2.45) is 5.41 Å². The van der Waals surface area contributed by atoms with Crippen LogP contribution in [0.15, 0.2) is 24.3 Å². The molecule has 0 bridgehead atoms. The monoisotopic (exact) mass is 290 g/mol. The number of hydrogen-bond acceptors (Lipinski definition) is 2. The van der Waals surface area contributed by atoms with Crippen molar-refractivity contribution in [3.05, 3.63) is 35.4 Å². The first-order valence-electron chi connectivity index (χ1n) is 8.30. The zero-order valence-electron chi connectivity index (χ0n) is 14.9. The van der Waals surface area contributed by atoms with Crippen LogP contribution < -0.4 is 5.32 Å². The Labute approximate surface area is 131 Å². The summed E-state index contributed by atoms with van der Waals surface area (Å²) in [6.45, 7) is 14.7. The van der Waals surface area contributed by atoms with Crippen molar-refractivity contribution in [1.82, 2.24) is 10.2 Å². The van der Waals surface area contributed by atoms with Gasteiger partial charge in [0, 0.05) is 12.6 Å². The SMILES string of the molecule is CCCNC(CCN(C)Cc1cccc(C)c1)C(C)(C)C. The topological polar surface area (TPSA) is 15.3 Å². The third-order valence-electron chi connectivity index (χ3n) is 4.02. The third-order valence-corrected chi connectivity index (χ3v) is 4.02. The van der Waals surface area contributed by atoms with E-state index in [4.69, 9.17) is 0 Å². The molecule has 1 atom stereocenters. The lowest BCUT2D eigenvalue weighted by atomic mass is 9.84. The number of nitrogens with one attached hydrogen (secondary N) is 1. The minimum Gasteiger partial charge on any atom is -0.313 e. The van der Waals surface area contributed by atoms with Crippen molar-refractivity contribution < 1.29 is 0 Å². The fraction of sp³-hybridized carbons (Fsp3) is 0.684. The third kappa shape index (κ3) is 7.10. The quantitative estimate of drug-likeness (QED) is 0.770. The van der Waals surface area contributed by atoms with E-state index in [1.54, 1.807) is 0 Å². The maximum absolute atomic E-state index is 3.71. The predicted octanol–water partition coefficient (Wildman–Crippen LogP) is 4.23. The van der Waals surface area contributed by atoms with Gasteiger partial charge in [-0.3, -0.25) is 0 Å². The fourth-order valence-corrected chi connectivity index (χ4v) is 2.71. The lowest BCUT2D eigenvalue weighted by Crippen LogP contribution is -2.42. The first-order valence-corrected chi connectivity index (χ1v) is 8.30. The molecule has 0 aliphatic rings. The van der Waals surface area contributed by atoms with Crippen molar-refractivity contribution in [1.29, 1.82) is 0 Å². The summed E-state index contributed by atoms with van der Waals surface area (Å²) in [5, 5.41) is 3.71. The molecule has 0 spiro atoms. The lowest BCUT2D eigenvalue weighted by molar-refractivity contribution is 0.219. The highest BCUT2D eigenvalue weighted by atomic mass is 15.1. The van der Waals surface area contributed by atoms with Gasteiger partial charge in [-0.25, -0.2) is 0 Å². The fourth-order valence-electron chi connectivity index (χ4n) is 2.71. The molecule has 0 saturated heterocycles. The molecule has 1 unspecified atom stereocenters. The van der Waals surface area contributed by atoms with Gasteiger partial charge in [-0.05, 0) is 50.9 Å². The molecule has 2 nitrogen and oxygen atoms in total.